The van der Waals surface area contributed by atoms with Crippen LogP contribution in [0.15, 0.2) is 0 Å². The Hall–Kier alpha value is -1.34. The van der Waals surface area contributed by atoms with Crippen LogP contribution in [0.2, 0.25) is 0 Å². The summed E-state index contributed by atoms with van der Waals surface area (Å²) in [6.45, 7) is 5.17. The molecule has 0 radical (unpaired) electrons. The van der Waals surface area contributed by atoms with Crippen molar-refractivity contribution in [1.29, 1.82) is 0 Å². The Morgan fingerprint density at radius 2 is 1.74 bits per heavy atom. The number of hydrogen-bond acceptors (Lipinski definition) is 4. The van der Waals surface area contributed by atoms with E-state index in [0.29, 0.717) is 39.1 Å². The molecule has 2 rings (SSSR count). The van der Waals surface area contributed by atoms with Gasteiger partial charge < -0.3 is 20.4 Å². The highest BCUT2D eigenvalue weighted by Gasteiger charge is 2.23. The molecule has 132 valence electrons. The van der Waals surface area contributed by atoms with Gasteiger partial charge in [-0.15, -0.1) is 12.4 Å². The van der Waals surface area contributed by atoms with Gasteiger partial charge in [-0.05, 0) is 19.4 Å². The van der Waals surface area contributed by atoms with E-state index >= 15 is 0 Å². The molecule has 2 N–H and O–H groups in total. The molecule has 1 atom stereocenters. The first-order chi connectivity index (χ1) is 10.6. The first-order valence-corrected chi connectivity index (χ1v) is 8.12. The molecule has 2 fully saturated rings. The van der Waals surface area contributed by atoms with Gasteiger partial charge in [0.05, 0.1) is 6.04 Å². The highest BCUT2D eigenvalue weighted by molar-refractivity contribution is 5.85. The number of amides is 3. The molecule has 0 spiro atoms. The van der Waals surface area contributed by atoms with Crippen molar-refractivity contribution in [2.45, 2.75) is 38.6 Å². The van der Waals surface area contributed by atoms with Gasteiger partial charge in [0.25, 0.3) is 0 Å². The van der Waals surface area contributed by atoms with Gasteiger partial charge in [-0.25, -0.2) is 0 Å². The SMILES string of the molecule is CC(=O)N1CCN(C(=O)CCNC(=O)C2CCCCN2)CC1.Cl. The number of piperidine rings is 1. The molecule has 0 aromatic rings. The van der Waals surface area contributed by atoms with Crippen LogP contribution in [0.1, 0.15) is 32.6 Å². The van der Waals surface area contributed by atoms with Gasteiger partial charge in [0, 0.05) is 46.1 Å². The first-order valence-electron chi connectivity index (χ1n) is 8.12. The van der Waals surface area contributed by atoms with E-state index in [4.69, 9.17) is 0 Å². The third kappa shape index (κ3) is 5.99. The fraction of sp³-hybridized carbons (Fsp3) is 0.800. The number of nitrogens with zero attached hydrogens (tertiary/aromatic N) is 2. The zero-order valence-corrected chi connectivity index (χ0v) is 14.5. The zero-order valence-electron chi connectivity index (χ0n) is 13.7. The maximum absolute atomic E-state index is 12.1. The van der Waals surface area contributed by atoms with E-state index in [1.165, 1.54) is 0 Å². The van der Waals surface area contributed by atoms with E-state index in [9.17, 15) is 14.4 Å². The normalized spacial score (nSPS) is 21.3. The number of carbonyl (C=O) groups excluding carboxylic acids is 3. The van der Waals surface area contributed by atoms with Gasteiger partial charge in [-0.1, -0.05) is 6.42 Å². The van der Waals surface area contributed by atoms with Gasteiger partial charge in [0.2, 0.25) is 17.7 Å². The summed E-state index contributed by atoms with van der Waals surface area (Å²) in [5.41, 5.74) is 0. The van der Waals surface area contributed by atoms with Crippen LogP contribution in [-0.2, 0) is 14.4 Å². The number of carbonyl (C=O) groups is 3. The van der Waals surface area contributed by atoms with Crippen LogP contribution in [0.4, 0.5) is 0 Å². The summed E-state index contributed by atoms with van der Waals surface area (Å²) < 4.78 is 0. The Kier molecular flexibility index (Phi) is 8.33. The van der Waals surface area contributed by atoms with Crippen LogP contribution in [0.3, 0.4) is 0 Å². The van der Waals surface area contributed by atoms with E-state index in [0.717, 1.165) is 25.8 Å². The van der Waals surface area contributed by atoms with Crippen molar-refractivity contribution < 1.29 is 14.4 Å². The average molecular weight is 347 g/mol. The molecule has 0 aliphatic carbocycles. The van der Waals surface area contributed by atoms with Crippen LogP contribution >= 0.6 is 12.4 Å². The topological polar surface area (TPSA) is 81.8 Å². The molecule has 8 heteroatoms. The lowest BCUT2D eigenvalue weighted by molar-refractivity contribution is -0.138. The van der Waals surface area contributed by atoms with Gasteiger partial charge >= 0.3 is 0 Å². The van der Waals surface area contributed by atoms with E-state index in [2.05, 4.69) is 10.6 Å². The van der Waals surface area contributed by atoms with Crippen molar-refractivity contribution in [2.24, 2.45) is 0 Å². The molecule has 0 aromatic carbocycles. The second-order valence-electron chi connectivity index (χ2n) is 5.93. The predicted octanol–water partition coefficient (Wildman–Crippen LogP) is -0.253. The molecule has 23 heavy (non-hydrogen) atoms. The molecule has 0 saturated carbocycles. The molecule has 3 amide bonds. The lowest BCUT2D eigenvalue weighted by Crippen LogP contribution is -2.51. The highest BCUT2D eigenvalue weighted by Crippen LogP contribution is 2.07. The summed E-state index contributed by atoms with van der Waals surface area (Å²) >= 11 is 0. The second kappa shape index (κ2) is 9.72. The second-order valence-corrected chi connectivity index (χ2v) is 5.93. The Labute approximate surface area is 143 Å². The Balaban J connectivity index is 0.00000264. The van der Waals surface area contributed by atoms with Crippen molar-refractivity contribution in [1.82, 2.24) is 20.4 Å². The lowest BCUT2D eigenvalue weighted by atomic mass is 10.0. The molecular weight excluding hydrogens is 320 g/mol. The molecular formula is C15H27ClN4O3. The number of hydrogen-bond donors (Lipinski definition) is 2. The Morgan fingerprint density at radius 1 is 1.09 bits per heavy atom. The minimum atomic E-state index is -0.108. The van der Waals surface area contributed by atoms with E-state index in [1.807, 2.05) is 0 Å². The minimum absolute atomic E-state index is 0. The third-order valence-corrected chi connectivity index (χ3v) is 4.34. The predicted molar refractivity (Wildman–Crippen MR) is 89.4 cm³/mol. The Bertz CT molecular complexity index is 419. The third-order valence-electron chi connectivity index (χ3n) is 4.34. The summed E-state index contributed by atoms with van der Waals surface area (Å²) in [4.78, 5) is 38.8. The maximum Gasteiger partial charge on any atom is 0.237 e. The van der Waals surface area contributed by atoms with Gasteiger partial charge in [-0.3, -0.25) is 14.4 Å². The number of rotatable bonds is 4. The monoisotopic (exact) mass is 346 g/mol. The molecule has 0 bridgehead atoms. The lowest BCUT2D eigenvalue weighted by Gasteiger charge is -2.34. The Morgan fingerprint density at radius 3 is 2.30 bits per heavy atom. The molecule has 1 unspecified atom stereocenters. The molecule has 0 aromatic heterocycles. The van der Waals surface area contributed by atoms with Crippen molar-refractivity contribution in [3.63, 3.8) is 0 Å². The average Bonchev–Trinajstić information content (AvgIpc) is 2.55. The molecule has 2 aliphatic heterocycles. The van der Waals surface area contributed by atoms with E-state index in [-0.39, 0.29) is 36.2 Å². The quantitative estimate of drug-likeness (QED) is 0.735. The maximum atomic E-state index is 12.1. The summed E-state index contributed by atoms with van der Waals surface area (Å²) in [5, 5.41) is 6.03. The van der Waals surface area contributed by atoms with Crippen molar-refractivity contribution in [2.75, 3.05) is 39.3 Å². The van der Waals surface area contributed by atoms with E-state index < -0.39 is 0 Å². The summed E-state index contributed by atoms with van der Waals surface area (Å²) in [6.07, 6.45) is 3.38. The van der Waals surface area contributed by atoms with E-state index in [1.54, 1.807) is 16.7 Å². The molecule has 2 aliphatic rings. The number of nitrogens with one attached hydrogen (secondary N) is 2. The zero-order chi connectivity index (χ0) is 15.9. The van der Waals surface area contributed by atoms with Gasteiger partial charge in [0.1, 0.15) is 0 Å². The molecule has 2 heterocycles. The first kappa shape index (κ1) is 19.7. The molecule has 7 nitrogen and oxygen atoms in total. The smallest absolute Gasteiger partial charge is 0.237 e. The molecule has 2 saturated heterocycles. The van der Waals surface area contributed by atoms with Gasteiger partial charge in [0.15, 0.2) is 0 Å². The largest absolute Gasteiger partial charge is 0.354 e. The minimum Gasteiger partial charge on any atom is -0.354 e. The summed E-state index contributed by atoms with van der Waals surface area (Å²) in [6, 6.07) is -0.108. The van der Waals surface area contributed by atoms with Crippen LogP contribution in [0.5, 0.6) is 0 Å². The fourth-order valence-corrected chi connectivity index (χ4v) is 2.92. The van der Waals surface area contributed by atoms with Gasteiger partial charge in [-0.2, -0.15) is 0 Å². The van der Waals surface area contributed by atoms with Crippen molar-refractivity contribution in [3.05, 3.63) is 0 Å². The number of piperazine rings is 1. The van der Waals surface area contributed by atoms with Crippen molar-refractivity contribution >= 4 is 30.1 Å². The highest BCUT2D eigenvalue weighted by atomic mass is 35.5. The van der Waals surface area contributed by atoms with Crippen LogP contribution < -0.4 is 10.6 Å². The summed E-state index contributed by atoms with van der Waals surface area (Å²) in [7, 11) is 0. The van der Waals surface area contributed by atoms with Crippen molar-refractivity contribution in [3.8, 4) is 0 Å². The summed E-state index contributed by atoms with van der Waals surface area (Å²) in [5.74, 6) is 0.0911. The number of halogens is 1. The standard InChI is InChI=1S/C15H26N4O3.ClH/c1-12(20)18-8-10-19(11-9-18)14(21)5-7-17-15(22)13-4-2-3-6-16-13;/h13,16H,2-11H2,1H3,(H,17,22);1H. The fourth-order valence-electron chi connectivity index (χ4n) is 2.92. The van der Waals surface area contributed by atoms with Crippen LogP contribution in [0, 0.1) is 0 Å². The van der Waals surface area contributed by atoms with Crippen LogP contribution in [-0.4, -0.2) is 72.8 Å². The van der Waals surface area contributed by atoms with Crippen LogP contribution in [0.25, 0.3) is 0 Å².